The molecule has 0 bridgehead atoms. The van der Waals surface area contributed by atoms with Gasteiger partial charge in [-0.3, -0.25) is 0 Å². The minimum absolute atomic E-state index is 0.811. The molecule has 4 aromatic carbocycles. The zero-order chi connectivity index (χ0) is 21.8. The van der Waals surface area contributed by atoms with Gasteiger partial charge in [0.2, 0.25) is 11.4 Å². The average Bonchev–Trinajstić information content (AvgIpc) is 2.86. The highest BCUT2D eigenvalue weighted by Crippen LogP contribution is 2.29. The van der Waals surface area contributed by atoms with E-state index >= 15 is 0 Å². The quantitative estimate of drug-likeness (QED) is 0.266. The third-order valence-corrected chi connectivity index (χ3v) is 5.84. The van der Waals surface area contributed by atoms with Gasteiger partial charge in [-0.25, -0.2) is 0 Å². The molecule has 0 aliphatic carbocycles. The summed E-state index contributed by atoms with van der Waals surface area (Å²) in [5, 5.41) is 0. The second-order valence-corrected chi connectivity index (χ2v) is 8.19. The largest absolute Gasteiger partial charge is 0.213 e. The van der Waals surface area contributed by atoms with Gasteiger partial charge >= 0.3 is 0 Å². The van der Waals surface area contributed by atoms with E-state index in [0.717, 1.165) is 6.54 Å². The predicted octanol–water partition coefficient (Wildman–Crippen LogP) is 7.33. The molecule has 0 saturated carbocycles. The number of rotatable bonds is 5. The summed E-state index contributed by atoms with van der Waals surface area (Å²) in [6.45, 7) is 2.97. The standard InChI is InChI=1S/C31H26N/c1-24-12-11-13-25(20-24)23-32-30(27-16-7-3-8-17-27)21-29(26-14-5-2-6-15-26)22-31(32)28-18-9-4-10-19-28/h2-22H,23H2,1H3/q+1. The molecule has 0 fully saturated rings. The van der Waals surface area contributed by atoms with E-state index < -0.39 is 0 Å². The summed E-state index contributed by atoms with van der Waals surface area (Å²) in [5.74, 6) is 0. The van der Waals surface area contributed by atoms with E-state index in [4.69, 9.17) is 0 Å². The van der Waals surface area contributed by atoms with Gasteiger partial charge in [-0.05, 0) is 48.4 Å². The fourth-order valence-corrected chi connectivity index (χ4v) is 4.28. The van der Waals surface area contributed by atoms with Crippen LogP contribution < -0.4 is 4.57 Å². The Bertz CT molecular complexity index is 1260. The molecule has 1 nitrogen and oxygen atoms in total. The van der Waals surface area contributed by atoms with Crippen LogP contribution >= 0.6 is 0 Å². The normalized spacial score (nSPS) is 10.8. The van der Waals surface area contributed by atoms with Crippen LogP contribution in [0.15, 0.2) is 127 Å². The van der Waals surface area contributed by atoms with Gasteiger partial charge in [-0.2, -0.15) is 4.57 Å². The molecular formula is C31H26N+. The molecule has 1 aromatic heterocycles. The van der Waals surface area contributed by atoms with E-state index in [1.807, 2.05) is 0 Å². The lowest BCUT2D eigenvalue weighted by molar-refractivity contribution is -0.666. The first-order valence-corrected chi connectivity index (χ1v) is 11.1. The molecule has 0 radical (unpaired) electrons. The lowest BCUT2D eigenvalue weighted by atomic mass is 9.98. The Hall–Kier alpha value is -3.97. The predicted molar refractivity (Wildman–Crippen MR) is 133 cm³/mol. The molecule has 5 aromatic rings. The second-order valence-electron chi connectivity index (χ2n) is 8.19. The smallest absolute Gasteiger partial charge is 0.187 e. The molecule has 0 spiro atoms. The second kappa shape index (κ2) is 9.03. The highest BCUT2D eigenvalue weighted by molar-refractivity contribution is 5.73. The first-order chi connectivity index (χ1) is 15.8. The monoisotopic (exact) mass is 412 g/mol. The minimum atomic E-state index is 0.811. The van der Waals surface area contributed by atoms with Crippen LogP contribution in [0.1, 0.15) is 11.1 Å². The van der Waals surface area contributed by atoms with Crippen LogP contribution in [0.25, 0.3) is 33.6 Å². The lowest BCUT2D eigenvalue weighted by Gasteiger charge is -2.13. The number of benzene rings is 4. The molecule has 5 rings (SSSR count). The molecule has 1 heterocycles. The van der Waals surface area contributed by atoms with Crippen molar-refractivity contribution in [3.8, 4) is 33.6 Å². The number of aromatic nitrogens is 1. The van der Waals surface area contributed by atoms with Crippen LogP contribution in [0.2, 0.25) is 0 Å². The SMILES string of the molecule is Cc1cccc(C[n+]2c(-c3ccccc3)cc(-c3ccccc3)cc2-c2ccccc2)c1. The Labute approximate surface area is 190 Å². The lowest BCUT2D eigenvalue weighted by Crippen LogP contribution is -2.39. The van der Waals surface area contributed by atoms with E-state index in [2.05, 4.69) is 139 Å². The van der Waals surface area contributed by atoms with Crippen molar-refractivity contribution in [3.63, 3.8) is 0 Å². The first-order valence-electron chi connectivity index (χ1n) is 11.1. The van der Waals surface area contributed by atoms with Crippen molar-refractivity contribution in [2.75, 3.05) is 0 Å². The minimum Gasteiger partial charge on any atom is -0.187 e. The van der Waals surface area contributed by atoms with E-state index in [9.17, 15) is 0 Å². The van der Waals surface area contributed by atoms with Crippen molar-refractivity contribution in [1.82, 2.24) is 0 Å². The summed E-state index contributed by atoms with van der Waals surface area (Å²) in [5.41, 5.74) is 9.90. The zero-order valence-corrected chi connectivity index (χ0v) is 18.3. The van der Waals surface area contributed by atoms with Gasteiger partial charge in [0.15, 0.2) is 6.54 Å². The van der Waals surface area contributed by atoms with Crippen molar-refractivity contribution in [2.45, 2.75) is 13.5 Å². The van der Waals surface area contributed by atoms with Gasteiger partial charge in [0.1, 0.15) is 0 Å². The Kier molecular flexibility index (Phi) is 5.63. The number of aryl methyl sites for hydroxylation is 1. The third kappa shape index (κ3) is 4.24. The Morgan fingerprint density at radius 2 is 0.969 bits per heavy atom. The number of hydrogen-bond acceptors (Lipinski definition) is 0. The molecule has 0 N–H and O–H groups in total. The molecule has 0 atom stereocenters. The first kappa shape index (κ1) is 20.0. The molecule has 154 valence electrons. The molecule has 0 amide bonds. The summed E-state index contributed by atoms with van der Waals surface area (Å²) in [6.07, 6.45) is 0. The van der Waals surface area contributed by atoms with E-state index in [1.165, 1.54) is 44.8 Å². The summed E-state index contributed by atoms with van der Waals surface area (Å²) in [7, 11) is 0. The highest BCUT2D eigenvalue weighted by atomic mass is 15.0. The number of nitrogens with zero attached hydrogens (tertiary/aromatic N) is 1. The van der Waals surface area contributed by atoms with E-state index in [0.29, 0.717) is 0 Å². The van der Waals surface area contributed by atoms with Crippen molar-refractivity contribution in [3.05, 3.63) is 139 Å². The fourth-order valence-electron chi connectivity index (χ4n) is 4.28. The van der Waals surface area contributed by atoms with E-state index in [1.54, 1.807) is 0 Å². The maximum Gasteiger partial charge on any atom is 0.213 e. The molecule has 0 aliphatic rings. The van der Waals surface area contributed by atoms with Gasteiger partial charge in [-0.1, -0.05) is 90.5 Å². The third-order valence-electron chi connectivity index (χ3n) is 5.84. The molecule has 0 saturated heterocycles. The summed E-state index contributed by atoms with van der Waals surface area (Å²) >= 11 is 0. The Balaban J connectivity index is 1.79. The molecule has 0 unspecified atom stereocenters. The van der Waals surface area contributed by atoms with Crippen molar-refractivity contribution >= 4 is 0 Å². The van der Waals surface area contributed by atoms with Crippen LogP contribution in [-0.2, 0) is 6.54 Å². The van der Waals surface area contributed by atoms with Gasteiger partial charge in [0, 0.05) is 28.8 Å². The van der Waals surface area contributed by atoms with Gasteiger partial charge in [0.25, 0.3) is 0 Å². The average molecular weight is 413 g/mol. The van der Waals surface area contributed by atoms with Crippen LogP contribution in [0.4, 0.5) is 0 Å². The molecule has 1 heteroatoms. The van der Waals surface area contributed by atoms with Crippen molar-refractivity contribution < 1.29 is 4.57 Å². The highest BCUT2D eigenvalue weighted by Gasteiger charge is 2.23. The van der Waals surface area contributed by atoms with Crippen LogP contribution in [0.5, 0.6) is 0 Å². The van der Waals surface area contributed by atoms with Crippen LogP contribution in [0, 0.1) is 6.92 Å². The number of pyridine rings is 1. The van der Waals surface area contributed by atoms with Gasteiger partial charge in [-0.15, -0.1) is 0 Å². The van der Waals surface area contributed by atoms with E-state index in [-0.39, 0.29) is 0 Å². The number of hydrogen-bond donors (Lipinski definition) is 0. The topological polar surface area (TPSA) is 3.88 Å². The summed E-state index contributed by atoms with van der Waals surface area (Å²) in [6, 6.07) is 45.5. The van der Waals surface area contributed by atoms with Crippen LogP contribution in [0.3, 0.4) is 0 Å². The maximum atomic E-state index is 2.45. The van der Waals surface area contributed by atoms with Crippen molar-refractivity contribution in [2.24, 2.45) is 0 Å². The van der Waals surface area contributed by atoms with Crippen LogP contribution in [-0.4, -0.2) is 0 Å². The van der Waals surface area contributed by atoms with Gasteiger partial charge in [0.05, 0.1) is 0 Å². The Morgan fingerprint density at radius 1 is 0.469 bits per heavy atom. The molecule has 32 heavy (non-hydrogen) atoms. The van der Waals surface area contributed by atoms with Gasteiger partial charge < -0.3 is 0 Å². The molecular weight excluding hydrogens is 386 g/mol. The Morgan fingerprint density at radius 3 is 1.47 bits per heavy atom. The fraction of sp³-hybridized carbons (Fsp3) is 0.0645. The van der Waals surface area contributed by atoms with Crippen molar-refractivity contribution in [1.29, 1.82) is 0 Å². The summed E-state index contributed by atoms with van der Waals surface area (Å²) < 4.78 is 2.45. The molecule has 0 aliphatic heterocycles. The summed E-state index contributed by atoms with van der Waals surface area (Å²) in [4.78, 5) is 0. The zero-order valence-electron chi connectivity index (χ0n) is 18.3. The maximum absolute atomic E-state index is 2.45.